The molecule has 2 rings (SSSR count). The summed E-state index contributed by atoms with van der Waals surface area (Å²) in [5, 5.41) is 12.1. The molecule has 5 nitrogen and oxygen atoms in total. The van der Waals surface area contributed by atoms with E-state index in [1.54, 1.807) is 0 Å². The minimum absolute atomic E-state index is 0.151. The van der Waals surface area contributed by atoms with Crippen LogP contribution in [0, 0.1) is 6.92 Å². The van der Waals surface area contributed by atoms with Gasteiger partial charge in [-0.1, -0.05) is 16.8 Å². The van der Waals surface area contributed by atoms with E-state index in [2.05, 4.69) is 17.1 Å². The van der Waals surface area contributed by atoms with Gasteiger partial charge in [-0.15, -0.1) is 0 Å². The quantitative estimate of drug-likeness (QED) is 0.377. The van der Waals surface area contributed by atoms with Crippen molar-refractivity contribution in [3.63, 3.8) is 0 Å². The average Bonchev–Trinajstić information content (AvgIpc) is 2.46. The van der Waals surface area contributed by atoms with E-state index in [-0.39, 0.29) is 5.84 Å². The Hall–Kier alpha value is -1.75. The van der Waals surface area contributed by atoms with Gasteiger partial charge in [0.1, 0.15) is 0 Å². The van der Waals surface area contributed by atoms with E-state index in [9.17, 15) is 0 Å². The molecule has 0 saturated carbocycles. The molecule has 1 aromatic carbocycles. The summed E-state index contributed by atoms with van der Waals surface area (Å²) in [6.07, 6.45) is 2.00. The average molecular weight is 263 g/mol. The van der Waals surface area contributed by atoms with Crippen molar-refractivity contribution < 1.29 is 9.94 Å². The van der Waals surface area contributed by atoms with Crippen LogP contribution in [0.5, 0.6) is 0 Å². The number of nitrogens with two attached hydrogens (primary N) is 1. The highest BCUT2D eigenvalue weighted by molar-refractivity contribution is 6.02. The Bertz CT molecular complexity index is 468. The molecule has 1 fully saturated rings. The van der Waals surface area contributed by atoms with Crippen molar-refractivity contribution in [1.29, 1.82) is 0 Å². The van der Waals surface area contributed by atoms with E-state index < -0.39 is 0 Å². The van der Waals surface area contributed by atoms with Crippen LogP contribution in [0.25, 0.3) is 0 Å². The first kappa shape index (κ1) is 13.7. The third kappa shape index (κ3) is 2.98. The molecule has 19 heavy (non-hydrogen) atoms. The lowest BCUT2D eigenvalue weighted by Crippen LogP contribution is -2.37. The highest BCUT2D eigenvalue weighted by Gasteiger charge is 2.21. The summed E-state index contributed by atoms with van der Waals surface area (Å²) in [6, 6.07) is 6.44. The normalized spacial score (nSPS) is 17.5. The highest BCUT2D eigenvalue weighted by Crippen LogP contribution is 2.26. The largest absolute Gasteiger partial charge is 0.409 e. The number of oxime groups is 1. The monoisotopic (exact) mass is 263 g/mol. The second-order valence-electron chi connectivity index (χ2n) is 4.96. The van der Waals surface area contributed by atoms with Gasteiger partial charge in [0.15, 0.2) is 5.84 Å². The molecule has 0 unspecified atom stereocenters. The molecule has 0 radical (unpaired) electrons. The van der Waals surface area contributed by atoms with Crippen molar-refractivity contribution in [2.24, 2.45) is 10.9 Å². The topological polar surface area (TPSA) is 71.1 Å². The Morgan fingerprint density at radius 2 is 2.11 bits per heavy atom. The molecule has 1 heterocycles. The van der Waals surface area contributed by atoms with Gasteiger partial charge in [0, 0.05) is 37.6 Å². The van der Waals surface area contributed by atoms with E-state index in [0.29, 0.717) is 6.04 Å². The van der Waals surface area contributed by atoms with Crippen LogP contribution >= 0.6 is 0 Å². The van der Waals surface area contributed by atoms with Crippen molar-refractivity contribution in [2.45, 2.75) is 25.8 Å². The molecule has 0 aromatic heterocycles. The third-order valence-electron chi connectivity index (χ3n) is 3.65. The molecule has 0 amide bonds. The van der Waals surface area contributed by atoms with Gasteiger partial charge in [0.05, 0.1) is 0 Å². The Balaban J connectivity index is 2.32. The first-order valence-electron chi connectivity index (χ1n) is 6.52. The maximum atomic E-state index is 8.92. The van der Waals surface area contributed by atoms with E-state index in [1.807, 2.05) is 25.1 Å². The second kappa shape index (κ2) is 5.93. The number of amidine groups is 1. The van der Waals surface area contributed by atoms with Crippen LogP contribution in [-0.2, 0) is 4.74 Å². The molecule has 0 aliphatic carbocycles. The summed E-state index contributed by atoms with van der Waals surface area (Å²) < 4.78 is 5.39. The SMILES string of the molecule is Cc1ccc(N(C)C2CCOCC2)c(/C(N)=N/O)c1. The van der Waals surface area contributed by atoms with Gasteiger partial charge in [0.25, 0.3) is 0 Å². The molecular formula is C14H21N3O2. The maximum Gasteiger partial charge on any atom is 0.172 e. The van der Waals surface area contributed by atoms with Crippen LogP contribution in [0.4, 0.5) is 5.69 Å². The summed E-state index contributed by atoms with van der Waals surface area (Å²) in [7, 11) is 2.05. The fourth-order valence-electron chi connectivity index (χ4n) is 2.49. The number of benzene rings is 1. The van der Waals surface area contributed by atoms with E-state index >= 15 is 0 Å². The van der Waals surface area contributed by atoms with Crippen LogP contribution < -0.4 is 10.6 Å². The first-order valence-corrected chi connectivity index (χ1v) is 6.52. The minimum Gasteiger partial charge on any atom is -0.409 e. The summed E-state index contributed by atoms with van der Waals surface area (Å²) >= 11 is 0. The zero-order valence-corrected chi connectivity index (χ0v) is 11.5. The Morgan fingerprint density at radius 3 is 2.74 bits per heavy atom. The Morgan fingerprint density at radius 1 is 1.42 bits per heavy atom. The van der Waals surface area contributed by atoms with Gasteiger partial charge in [-0.2, -0.15) is 0 Å². The number of aryl methyl sites for hydroxylation is 1. The van der Waals surface area contributed by atoms with Crippen molar-refractivity contribution in [1.82, 2.24) is 0 Å². The fraction of sp³-hybridized carbons (Fsp3) is 0.500. The molecule has 1 aromatic rings. The lowest BCUT2D eigenvalue weighted by molar-refractivity contribution is 0.0855. The van der Waals surface area contributed by atoms with Crippen LogP contribution in [-0.4, -0.2) is 37.3 Å². The van der Waals surface area contributed by atoms with Gasteiger partial charge < -0.3 is 20.6 Å². The van der Waals surface area contributed by atoms with Gasteiger partial charge in [0.2, 0.25) is 0 Å². The summed E-state index contributed by atoms with van der Waals surface area (Å²) in [5.74, 6) is 0.151. The molecule has 3 N–H and O–H groups in total. The number of hydrogen-bond donors (Lipinski definition) is 2. The molecule has 0 atom stereocenters. The van der Waals surface area contributed by atoms with Crippen LogP contribution in [0.3, 0.4) is 0 Å². The zero-order chi connectivity index (χ0) is 13.8. The van der Waals surface area contributed by atoms with E-state index in [1.165, 1.54) is 0 Å². The van der Waals surface area contributed by atoms with Gasteiger partial charge in [-0.3, -0.25) is 0 Å². The lowest BCUT2D eigenvalue weighted by Gasteiger charge is -2.34. The van der Waals surface area contributed by atoms with Crippen molar-refractivity contribution in [3.8, 4) is 0 Å². The van der Waals surface area contributed by atoms with Crippen LogP contribution in [0.1, 0.15) is 24.0 Å². The highest BCUT2D eigenvalue weighted by atomic mass is 16.5. The number of rotatable bonds is 3. The number of ether oxygens (including phenoxy) is 1. The molecule has 5 heteroatoms. The molecule has 0 spiro atoms. The third-order valence-corrected chi connectivity index (χ3v) is 3.65. The predicted octanol–water partition coefficient (Wildman–Crippen LogP) is 1.70. The second-order valence-corrected chi connectivity index (χ2v) is 4.96. The van der Waals surface area contributed by atoms with Crippen molar-refractivity contribution >= 4 is 11.5 Å². The molecule has 0 bridgehead atoms. The molecule has 104 valence electrons. The summed E-state index contributed by atoms with van der Waals surface area (Å²) in [6.45, 7) is 3.58. The maximum absolute atomic E-state index is 8.92. The van der Waals surface area contributed by atoms with Gasteiger partial charge in [-0.05, 0) is 31.9 Å². The Labute approximate surface area is 113 Å². The number of hydrogen-bond acceptors (Lipinski definition) is 4. The van der Waals surface area contributed by atoms with Crippen molar-refractivity contribution in [2.75, 3.05) is 25.2 Å². The predicted molar refractivity (Wildman–Crippen MR) is 75.9 cm³/mol. The number of nitrogens with zero attached hydrogens (tertiary/aromatic N) is 2. The van der Waals surface area contributed by atoms with Crippen molar-refractivity contribution in [3.05, 3.63) is 29.3 Å². The fourth-order valence-corrected chi connectivity index (χ4v) is 2.49. The molecule has 1 saturated heterocycles. The first-order chi connectivity index (χ1) is 9.13. The zero-order valence-electron chi connectivity index (χ0n) is 11.5. The molecule has 1 aliphatic rings. The van der Waals surface area contributed by atoms with Crippen LogP contribution in [0.15, 0.2) is 23.4 Å². The van der Waals surface area contributed by atoms with E-state index in [0.717, 1.165) is 42.9 Å². The molecule has 1 aliphatic heterocycles. The Kier molecular flexibility index (Phi) is 4.27. The van der Waals surface area contributed by atoms with E-state index in [4.69, 9.17) is 15.7 Å². The van der Waals surface area contributed by atoms with Gasteiger partial charge >= 0.3 is 0 Å². The van der Waals surface area contributed by atoms with Crippen LogP contribution in [0.2, 0.25) is 0 Å². The number of anilines is 1. The summed E-state index contributed by atoms with van der Waals surface area (Å²) in [5.41, 5.74) is 8.64. The smallest absolute Gasteiger partial charge is 0.172 e. The molecular weight excluding hydrogens is 242 g/mol. The van der Waals surface area contributed by atoms with Gasteiger partial charge in [-0.25, -0.2) is 0 Å². The summed E-state index contributed by atoms with van der Waals surface area (Å²) in [4.78, 5) is 2.20. The lowest BCUT2D eigenvalue weighted by atomic mass is 10.0. The standard InChI is InChI=1S/C14H21N3O2/c1-10-3-4-13(12(9-10)14(15)16-18)17(2)11-5-7-19-8-6-11/h3-4,9,11,18H,5-8H2,1-2H3,(H2,15,16). The minimum atomic E-state index is 0.151.